The summed E-state index contributed by atoms with van der Waals surface area (Å²) in [6, 6.07) is 0.541. The van der Waals surface area contributed by atoms with Crippen LogP contribution in [0.25, 0.3) is 0 Å². The number of anilines is 2. The predicted molar refractivity (Wildman–Crippen MR) is 79.5 cm³/mol. The average Bonchev–Trinajstić information content (AvgIpc) is 2.42. The highest BCUT2D eigenvalue weighted by molar-refractivity contribution is 7.99. The fourth-order valence-electron chi connectivity index (χ4n) is 1.30. The molecule has 0 bridgehead atoms. The molecule has 0 fully saturated rings. The fourth-order valence-corrected chi connectivity index (χ4v) is 1.97. The van der Waals surface area contributed by atoms with E-state index in [-0.39, 0.29) is 12.1 Å². The second-order valence-electron chi connectivity index (χ2n) is 3.96. The second kappa shape index (κ2) is 8.76. The van der Waals surface area contributed by atoms with E-state index < -0.39 is 0 Å². The summed E-state index contributed by atoms with van der Waals surface area (Å²) in [5.74, 6) is 8.17. The van der Waals surface area contributed by atoms with Crippen LogP contribution in [0.3, 0.4) is 0 Å². The van der Waals surface area contributed by atoms with Crippen LogP contribution in [0.4, 0.5) is 11.9 Å². The predicted octanol–water partition coefficient (Wildman–Crippen LogP) is 1.50. The van der Waals surface area contributed by atoms with Crippen LogP contribution in [-0.4, -0.2) is 39.1 Å². The van der Waals surface area contributed by atoms with Crippen LogP contribution in [0.2, 0.25) is 0 Å². The lowest BCUT2D eigenvalue weighted by Crippen LogP contribution is -2.21. The van der Waals surface area contributed by atoms with Crippen molar-refractivity contribution in [1.82, 2.24) is 15.0 Å². The lowest BCUT2D eigenvalue weighted by atomic mass is 10.4. The Morgan fingerprint density at radius 3 is 2.63 bits per heavy atom. The van der Waals surface area contributed by atoms with Gasteiger partial charge >= 0.3 is 6.01 Å². The number of hydrogen-bond acceptors (Lipinski definition) is 8. The molecule has 19 heavy (non-hydrogen) atoms. The van der Waals surface area contributed by atoms with Crippen LogP contribution < -0.4 is 21.3 Å². The van der Waals surface area contributed by atoms with Crippen LogP contribution in [0.5, 0.6) is 6.01 Å². The van der Waals surface area contributed by atoms with E-state index in [1.54, 1.807) is 0 Å². The molecule has 4 N–H and O–H groups in total. The Labute approximate surface area is 118 Å². The molecule has 1 aromatic rings. The summed E-state index contributed by atoms with van der Waals surface area (Å²) in [4.78, 5) is 12.4. The van der Waals surface area contributed by atoms with Gasteiger partial charge in [0.2, 0.25) is 11.9 Å². The first-order valence-corrected chi connectivity index (χ1v) is 7.54. The number of nitrogen functional groups attached to an aromatic ring is 1. The van der Waals surface area contributed by atoms with Gasteiger partial charge in [-0.3, -0.25) is 5.43 Å². The molecule has 0 aliphatic heterocycles. The highest BCUT2D eigenvalue weighted by Crippen LogP contribution is 2.13. The van der Waals surface area contributed by atoms with Crippen LogP contribution in [-0.2, 0) is 0 Å². The third-order valence-electron chi connectivity index (χ3n) is 2.13. The van der Waals surface area contributed by atoms with Crippen LogP contribution >= 0.6 is 11.8 Å². The van der Waals surface area contributed by atoms with Gasteiger partial charge in [-0.15, -0.1) is 0 Å². The number of hydrazine groups is 1. The van der Waals surface area contributed by atoms with E-state index in [1.165, 1.54) is 0 Å². The Bertz CT molecular complexity index is 378. The maximum Gasteiger partial charge on any atom is 0.323 e. The molecule has 0 aliphatic carbocycles. The largest absolute Gasteiger partial charge is 0.463 e. The molecule has 1 atom stereocenters. The Hall–Kier alpha value is -1.28. The SMILES string of the molecule is CCCOc1nc(NN)nc(NC(C)CSCC)n1. The molecule has 0 aromatic carbocycles. The molecular weight excluding hydrogens is 264 g/mol. The zero-order valence-electron chi connectivity index (χ0n) is 11.6. The molecule has 0 radical (unpaired) electrons. The number of nitrogens with zero attached hydrogens (tertiary/aromatic N) is 3. The van der Waals surface area contributed by atoms with Gasteiger partial charge in [-0.1, -0.05) is 13.8 Å². The van der Waals surface area contributed by atoms with Gasteiger partial charge in [0, 0.05) is 11.8 Å². The van der Waals surface area contributed by atoms with Gasteiger partial charge in [-0.25, -0.2) is 5.84 Å². The van der Waals surface area contributed by atoms with Crippen LogP contribution in [0.15, 0.2) is 0 Å². The third-order valence-corrected chi connectivity index (χ3v) is 3.27. The molecule has 108 valence electrons. The van der Waals surface area contributed by atoms with Crippen LogP contribution in [0.1, 0.15) is 27.2 Å². The number of hydrogen-bond donors (Lipinski definition) is 3. The van der Waals surface area contributed by atoms with E-state index in [2.05, 4.69) is 39.5 Å². The topological polar surface area (TPSA) is 98.0 Å². The van der Waals surface area contributed by atoms with E-state index >= 15 is 0 Å². The van der Waals surface area contributed by atoms with Gasteiger partial charge in [-0.2, -0.15) is 26.7 Å². The summed E-state index contributed by atoms with van der Waals surface area (Å²) in [7, 11) is 0. The van der Waals surface area contributed by atoms with Crippen molar-refractivity contribution in [3.8, 4) is 6.01 Å². The van der Waals surface area contributed by atoms with Crippen LogP contribution in [0, 0.1) is 0 Å². The van der Waals surface area contributed by atoms with E-state index in [9.17, 15) is 0 Å². The molecule has 7 nitrogen and oxygen atoms in total. The molecule has 0 spiro atoms. The minimum absolute atomic E-state index is 0.261. The van der Waals surface area contributed by atoms with Crippen molar-refractivity contribution in [2.45, 2.75) is 33.2 Å². The van der Waals surface area contributed by atoms with Gasteiger partial charge in [-0.05, 0) is 19.1 Å². The maximum absolute atomic E-state index is 5.40. The first-order valence-electron chi connectivity index (χ1n) is 6.39. The summed E-state index contributed by atoms with van der Waals surface area (Å²) >= 11 is 1.86. The number of nitrogens with one attached hydrogen (secondary N) is 2. The Morgan fingerprint density at radius 1 is 1.26 bits per heavy atom. The molecule has 0 saturated carbocycles. The fraction of sp³-hybridized carbons (Fsp3) is 0.727. The van der Waals surface area contributed by atoms with Crippen molar-refractivity contribution in [3.63, 3.8) is 0 Å². The molecule has 1 heterocycles. The summed E-state index contributed by atoms with van der Waals surface area (Å²) < 4.78 is 5.40. The first kappa shape index (κ1) is 15.8. The average molecular weight is 286 g/mol. The minimum Gasteiger partial charge on any atom is -0.463 e. The molecule has 0 saturated heterocycles. The number of rotatable bonds is 9. The summed E-state index contributed by atoms with van der Waals surface area (Å²) in [5, 5.41) is 3.21. The summed E-state index contributed by atoms with van der Waals surface area (Å²) in [6.07, 6.45) is 0.892. The van der Waals surface area contributed by atoms with Crippen molar-refractivity contribution >= 4 is 23.7 Å². The third kappa shape index (κ3) is 5.93. The lowest BCUT2D eigenvalue weighted by Gasteiger charge is -2.14. The number of aromatic nitrogens is 3. The van der Waals surface area contributed by atoms with Gasteiger partial charge in [0.15, 0.2) is 0 Å². The molecule has 1 aromatic heterocycles. The van der Waals surface area contributed by atoms with Crippen molar-refractivity contribution in [2.24, 2.45) is 5.84 Å². The summed E-state index contributed by atoms with van der Waals surface area (Å²) in [5.41, 5.74) is 2.41. The van der Waals surface area contributed by atoms with E-state index in [4.69, 9.17) is 10.6 Å². The highest BCUT2D eigenvalue weighted by Gasteiger charge is 2.09. The van der Waals surface area contributed by atoms with Gasteiger partial charge in [0.05, 0.1) is 6.61 Å². The summed E-state index contributed by atoms with van der Waals surface area (Å²) in [6.45, 7) is 6.79. The maximum atomic E-state index is 5.40. The smallest absolute Gasteiger partial charge is 0.323 e. The normalized spacial score (nSPS) is 12.0. The van der Waals surface area contributed by atoms with Crippen molar-refractivity contribution in [2.75, 3.05) is 28.9 Å². The Kier molecular flexibility index (Phi) is 7.27. The Morgan fingerprint density at radius 2 is 2.00 bits per heavy atom. The molecule has 8 heteroatoms. The number of nitrogens with two attached hydrogens (primary N) is 1. The van der Waals surface area contributed by atoms with E-state index in [1.807, 2.05) is 18.7 Å². The first-order chi connectivity index (χ1) is 9.19. The molecule has 0 amide bonds. The standard InChI is InChI=1S/C11H22N6OS/c1-4-6-18-11-15-9(14-10(16-11)17-12)13-8(3)7-19-5-2/h8H,4-7,12H2,1-3H3,(H2,13,14,15,16,17). The zero-order chi connectivity index (χ0) is 14.1. The van der Waals surface area contributed by atoms with E-state index in [0.29, 0.717) is 18.5 Å². The van der Waals surface area contributed by atoms with Crippen molar-refractivity contribution in [3.05, 3.63) is 0 Å². The van der Waals surface area contributed by atoms with Gasteiger partial charge in [0.1, 0.15) is 0 Å². The lowest BCUT2D eigenvalue weighted by molar-refractivity contribution is 0.292. The molecular formula is C11H22N6OS. The highest BCUT2D eigenvalue weighted by atomic mass is 32.2. The van der Waals surface area contributed by atoms with Gasteiger partial charge < -0.3 is 10.1 Å². The van der Waals surface area contributed by atoms with E-state index in [0.717, 1.165) is 17.9 Å². The second-order valence-corrected chi connectivity index (χ2v) is 5.28. The quantitative estimate of drug-likeness (QED) is 0.464. The molecule has 1 rings (SSSR count). The zero-order valence-corrected chi connectivity index (χ0v) is 12.5. The monoisotopic (exact) mass is 286 g/mol. The Balaban J connectivity index is 2.69. The number of thioether (sulfide) groups is 1. The molecule has 1 unspecified atom stereocenters. The minimum atomic E-state index is 0.261. The van der Waals surface area contributed by atoms with Crippen molar-refractivity contribution in [1.29, 1.82) is 0 Å². The van der Waals surface area contributed by atoms with Crippen molar-refractivity contribution < 1.29 is 4.74 Å². The number of ether oxygens (including phenoxy) is 1. The van der Waals surface area contributed by atoms with Gasteiger partial charge in [0.25, 0.3) is 0 Å². The molecule has 0 aliphatic rings.